The fourth-order valence-corrected chi connectivity index (χ4v) is 2.03. The highest BCUT2D eigenvalue weighted by atomic mass is 32.2. The van der Waals surface area contributed by atoms with E-state index in [0.717, 1.165) is 0 Å². The molecule has 0 N–H and O–H groups in total. The first-order chi connectivity index (χ1) is 8.18. The number of thioether (sulfide) groups is 1. The summed E-state index contributed by atoms with van der Waals surface area (Å²) in [4.78, 5) is 22.3. The lowest BCUT2D eigenvalue weighted by Crippen LogP contribution is -2.01. The van der Waals surface area contributed by atoms with Gasteiger partial charge in [0.25, 0.3) is 0 Å². The van der Waals surface area contributed by atoms with Crippen molar-refractivity contribution < 1.29 is 4.92 Å². The molecular formula is C9H9N5O2S. The van der Waals surface area contributed by atoms with Crippen LogP contribution < -0.4 is 0 Å². The fraction of sp³-hybridized carbons (Fsp3) is 0.222. The van der Waals surface area contributed by atoms with E-state index in [9.17, 15) is 10.1 Å². The SMILES string of the molecule is Cn1c([N+](=O)[O-])cnc1CSc1ncccn1. The molecule has 2 rings (SSSR count). The maximum Gasteiger partial charge on any atom is 0.342 e. The molecule has 0 aliphatic carbocycles. The molecule has 0 saturated heterocycles. The predicted molar refractivity (Wildman–Crippen MR) is 61.5 cm³/mol. The van der Waals surface area contributed by atoms with E-state index in [-0.39, 0.29) is 5.82 Å². The molecule has 88 valence electrons. The van der Waals surface area contributed by atoms with E-state index in [4.69, 9.17) is 0 Å². The van der Waals surface area contributed by atoms with Gasteiger partial charge in [0.05, 0.1) is 12.8 Å². The molecule has 2 heterocycles. The summed E-state index contributed by atoms with van der Waals surface area (Å²) in [6.45, 7) is 0. The molecule has 0 atom stereocenters. The summed E-state index contributed by atoms with van der Waals surface area (Å²) in [6, 6.07) is 1.73. The molecule has 0 spiro atoms. The van der Waals surface area contributed by atoms with Crippen molar-refractivity contribution in [1.29, 1.82) is 0 Å². The van der Waals surface area contributed by atoms with Crippen molar-refractivity contribution in [2.75, 3.05) is 0 Å². The van der Waals surface area contributed by atoms with Gasteiger partial charge >= 0.3 is 5.82 Å². The van der Waals surface area contributed by atoms with E-state index in [1.165, 1.54) is 22.5 Å². The van der Waals surface area contributed by atoms with Crippen molar-refractivity contribution in [1.82, 2.24) is 19.5 Å². The second-order valence-corrected chi connectivity index (χ2v) is 4.11. The first-order valence-electron chi connectivity index (χ1n) is 4.73. The Balaban J connectivity index is 2.07. The average Bonchev–Trinajstić information content (AvgIpc) is 2.69. The van der Waals surface area contributed by atoms with Crippen molar-refractivity contribution >= 4 is 17.6 Å². The number of imidazole rings is 1. The first kappa shape index (κ1) is 11.5. The van der Waals surface area contributed by atoms with Crippen LogP contribution in [-0.2, 0) is 12.8 Å². The molecule has 8 heteroatoms. The summed E-state index contributed by atoms with van der Waals surface area (Å²) < 4.78 is 1.45. The van der Waals surface area contributed by atoms with Crippen LogP contribution in [0.4, 0.5) is 5.82 Å². The van der Waals surface area contributed by atoms with E-state index in [1.807, 2.05) is 0 Å². The summed E-state index contributed by atoms with van der Waals surface area (Å²) in [5.74, 6) is 1.10. The highest BCUT2D eigenvalue weighted by Crippen LogP contribution is 2.20. The molecule has 2 aromatic heterocycles. The number of hydrogen-bond donors (Lipinski definition) is 0. The number of nitrogens with zero attached hydrogens (tertiary/aromatic N) is 5. The van der Waals surface area contributed by atoms with Gasteiger partial charge in [0.2, 0.25) is 5.82 Å². The molecular weight excluding hydrogens is 242 g/mol. The molecule has 0 aliphatic rings. The smallest absolute Gasteiger partial charge is 0.342 e. The second kappa shape index (κ2) is 4.91. The number of hydrogen-bond acceptors (Lipinski definition) is 6. The van der Waals surface area contributed by atoms with Crippen LogP contribution in [0.15, 0.2) is 29.8 Å². The highest BCUT2D eigenvalue weighted by molar-refractivity contribution is 7.98. The van der Waals surface area contributed by atoms with Gasteiger partial charge in [-0.1, -0.05) is 11.8 Å². The fourth-order valence-electron chi connectivity index (χ4n) is 1.23. The maximum atomic E-state index is 10.6. The first-order valence-corrected chi connectivity index (χ1v) is 5.72. The Hall–Kier alpha value is -1.96. The van der Waals surface area contributed by atoms with E-state index in [1.54, 1.807) is 25.5 Å². The van der Waals surface area contributed by atoms with Crippen molar-refractivity contribution in [3.63, 3.8) is 0 Å². The van der Waals surface area contributed by atoms with Gasteiger partial charge in [-0.3, -0.25) is 0 Å². The zero-order valence-corrected chi connectivity index (χ0v) is 9.79. The molecule has 0 radical (unpaired) electrons. The highest BCUT2D eigenvalue weighted by Gasteiger charge is 2.16. The van der Waals surface area contributed by atoms with Gasteiger partial charge in [-0.2, -0.15) is 0 Å². The lowest BCUT2D eigenvalue weighted by Gasteiger charge is -1.98. The van der Waals surface area contributed by atoms with Crippen molar-refractivity contribution in [2.24, 2.45) is 7.05 Å². The van der Waals surface area contributed by atoms with Crippen LogP contribution in [0.25, 0.3) is 0 Å². The van der Waals surface area contributed by atoms with Crippen LogP contribution in [-0.4, -0.2) is 24.4 Å². The zero-order valence-electron chi connectivity index (χ0n) is 8.98. The molecule has 7 nitrogen and oxygen atoms in total. The van der Waals surface area contributed by atoms with Crippen LogP contribution in [0, 0.1) is 10.1 Å². The normalized spacial score (nSPS) is 10.4. The van der Waals surface area contributed by atoms with Crippen LogP contribution in [0.5, 0.6) is 0 Å². The van der Waals surface area contributed by atoms with Gasteiger partial charge < -0.3 is 10.1 Å². The van der Waals surface area contributed by atoms with Crippen LogP contribution in [0.1, 0.15) is 5.82 Å². The van der Waals surface area contributed by atoms with Crippen molar-refractivity contribution in [3.8, 4) is 0 Å². The third-order valence-electron chi connectivity index (χ3n) is 2.12. The van der Waals surface area contributed by atoms with E-state index >= 15 is 0 Å². The average molecular weight is 251 g/mol. The van der Waals surface area contributed by atoms with Gasteiger partial charge in [0.1, 0.15) is 6.20 Å². The molecule has 0 aliphatic heterocycles. The minimum absolute atomic E-state index is 0.0189. The third kappa shape index (κ3) is 2.59. The molecule has 0 saturated carbocycles. The largest absolute Gasteiger partial charge is 0.358 e. The molecule has 0 bridgehead atoms. The number of rotatable bonds is 4. The van der Waals surface area contributed by atoms with E-state index in [0.29, 0.717) is 16.7 Å². The third-order valence-corrected chi connectivity index (χ3v) is 2.99. The van der Waals surface area contributed by atoms with Crippen molar-refractivity contribution in [3.05, 3.63) is 40.6 Å². The van der Waals surface area contributed by atoms with Crippen molar-refractivity contribution in [2.45, 2.75) is 10.9 Å². The quantitative estimate of drug-likeness (QED) is 0.353. The Morgan fingerprint density at radius 3 is 2.71 bits per heavy atom. The Kier molecular flexibility index (Phi) is 3.33. The lowest BCUT2D eigenvalue weighted by atomic mass is 10.7. The molecule has 0 fully saturated rings. The Labute approximate surface area is 101 Å². The summed E-state index contributed by atoms with van der Waals surface area (Å²) in [5.41, 5.74) is 0. The summed E-state index contributed by atoms with van der Waals surface area (Å²) in [5, 5.41) is 11.2. The van der Waals surface area contributed by atoms with Gasteiger partial charge in [0, 0.05) is 12.4 Å². The standard InChI is InChI=1S/C9H9N5O2S/c1-13-7(12-5-8(13)14(15)16)6-17-9-10-3-2-4-11-9/h2-5H,6H2,1H3. The molecule has 0 amide bonds. The summed E-state index contributed by atoms with van der Waals surface area (Å²) in [6.07, 6.45) is 4.55. The zero-order chi connectivity index (χ0) is 12.3. The molecule has 0 aromatic carbocycles. The Morgan fingerprint density at radius 2 is 2.12 bits per heavy atom. The van der Waals surface area contributed by atoms with E-state index in [2.05, 4.69) is 15.0 Å². The van der Waals surface area contributed by atoms with Gasteiger partial charge in [0.15, 0.2) is 5.16 Å². The van der Waals surface area contributed by atoms with Crippen LogP contribution >= 0.6 is 11.8 Å². The monoisotopic (exact) mass is 251 g/mol. The number of nitro groups is 1. The summed E-state index contributed by atoms with van der Waals surface area (Å²) >= 11 is 1.38. The van der Waals surface area contributed by atoms with Gasteiger partial charge in [-0.05, 0) is 11.0 Å². The second-order valence-electron chi connectivity index (χ2n) is 3.17. The predicted octanol–water partition coefficient (Wildman–Crippen LogP) is 1.41. The molecule has 2 aromatic rings. The Morgan fingerprint density at radius 1 is 1.41 bits per heavy atom. The maximum absolute atomic E-state index is 10.6. The number of aromatic nitrogens is 4. The van der Waals surface area contributed by atoms with E-state index < -0.39 is 4.92 Å². The van der Waals surface area contributed by atoms with Gasteiger partial charge in [-0.25, -0.2) is 19.5 Å². The Bertz CT molecular complexity index is 527. The minimum atomic E-state index is -0.458. The lowest BCUT2D eigenvalue weighted by molar-refractivity contribution is -0.391. The van der Waals surface area contributed by atoms with Crippen LogP contribution in [0.2, 0.25) is 0 Å². The van der Waals surface area contributed by atoms with Gasteiger partial charge in [-0.15, -0.1) is 0 Å². The minimum Gasteiger partial charge on any atom is -0.358 e. The summed E-state index contributed by atoms with van der Waals surface area (Å²) in [7, 11) is 1.62. The topological polar surface area (TPSA) is 86.7 Å². The van der Waals surface area contributed by atoms with Crippen LogP contribution in [0.3, 0.4) is 0 Å². The molecule has 0 unspecified atom stereocenters. The molecule has 17 heavy (non-hydrogen) atoms.